The molecule has 128 valence electrons. The zero-order chi connectivity index (χ0) is 17.1. The maximum atomic E-state index is 13.4. The zero-order valence-corrected chi connectivity index (χ0v) is 13.3. The summed E-state index contributed by atoms with van der Waals surface area (Å²) in [4.78, 5) is 25.0. The Labute approximate surface area is 138 Å². The molecule has 1 N–H and O–H groups in total. The zero-order valence-electron chi connectivity index (χ0n) is 13.3. The van der Waals surface area contributed by atoms with Gasteiger partial charge in [0.1, 0.15) is 11.6 Å². The molecule has 7 heteroatoms. The van der Waals surface area contributed by atoms with E-state index in [1.54, 1.807) is 11.0 Å². The summed E-state index contributed by atoms with van der Waals surface area (Å²) in [5.74, 6) is 0.318. The maximum absolute atomic E-state index is 13.4. The Bertz CT molecular complexity index is 770. The lowest BCUT2D eigenvalue weighted by molar-refractivity contribution is 0.0816. The summed E-state index contributed by atoms with van der Waals surface area (Å²) >= 11 is 0. The fourth-order valence-electron chi connectivity index (χ4n) is 3.30. The van der Waals surface area contributed by atoms with Gasteiger partial charge in [-0.15, -0.1) is 0 Å². The topological polar surface area (TPSA) is 75.5 Å². The van der Waals surface area contributed by atoms with Crippen molar-refractivity contribution in [1.82, 2.24) is 10.1 Å². The van der Waals surface area contributed by atoms with Crippen LogP contribution < -0.4 is 5.56 Å². The molecule has 24 heavy (non-hydrogen) atoms. The van der Waals surface area contributed by atoms with E-state index in [1.807, 2.05) is 6.07 Å². The van der Waals surface area contributed by atoms with Crippen LogP contribution in [0.5, 0.6) is 0 Å². The van der Waals surface area contributed by atoms with Crippen LogP contribution in [-0.4, -0.2) is 35.8 Å². The minimum Gasteiger partial charge on any atom is -0.453 e. The van der Waals surface area contributed by atoms with Crippen LogP contribution >= 0.6 is 0 Å². The molecule has 1 aromatic heterocycles. The van der Waals surface area contributed by atoms with E-state index < -0.39 is 6.09 Å². The molecule has 2 atom stereocenters. The molecule has 0 bridgehead atoms. The first-order chi connectivity index (χ1) is 11.6. The summed E-state index contributed by atoms with van der Waals surface area (Å²) in [6.45, 7) is 0.492. The van der Waals surface area contributed by atoms with Gasteiger partial charge in [0.2, 0.25) is 0 Å². The summed E-state index contributed by atoms with van der Waals surface area (Å²) < 4.78 is 23.5. The second-order valence-corrected chi connectivity index (χ2v) is 5.99. The van der Waals surface area contributed by atoms with Crippen LogP contribution in [0.1, 0.15) is 30.1 Å². The maximum Gasteiger partial charge on any atom is 0.409 e. The average molecular weight is 334 g/mol. The fourth-order valence-corrected chi connectivity index (χ4v) is 3.30. The van der Waals surface area contributed by atoms with Crippen LogP contribution in [0.3, 0.4) is 0 Å². The molecule has 1 amide bonds. The number of piperidine rings is 1. The van der Waals surface area contributed by atoms with Gasteiger partial charge in [-0.2, -0.15) is 5.16 Å². The van der Waals surface area contributed by atoms with Gasteiger partial charge in [0.05, 0.1) is 7.11 Å². The van der Waals surface area contributed by atoms with Gasteiger partial charge in [-0.25, -0.2) is 9.18 Å². The molecule has 2 heterocycles. The molecule has 2 unspecified atom stereocenters. The lowest BCUT2D eigenvalue weighted by Gasteiger charge is -2.38. The number of carbonyl (C=O) groups is 1. The van der Waals surface area contributed by atoms with Gasteiger partial charge >= 0.3 is 6.09 Å². The number of hydrogen-bond acceptors (Lipinski definition) is 4. The molecule has 1 aliphatic rings. The molecular formula is C17H19FN2O4. The Morgan fingerprint density at radius 1 is 1.46 bits per heavy atom. The smallest absolute Gasteiger partial charge is 0.409 e. The van der Waals surface area contributed by atoms with Gasteiger partial charge in [-0.3, -0.25) is 4.79 Å². The molecule has 1 saturated heterocycles. The average Bonchev–Trinajstić information content (AvgIpc) is 3.00. The summed E-state index contributed by atoms with van der Waals surface area (Å²) in [5, 5.41) is 2.30. The van der Waals surface area contributed by atoms with Gasteiger partial charge in [0.15, 0.2) is 0 Å². The first-order valence-corrected chi connectivity index (χ1v) is 7.84. The number of benzene rings is 1. The molecule has 2 aromatic rings. The van der Waals surface area contributed by atoms with Gasteiger partial charge < -0.3 is 14.2 Å². The molecule has 0 saturated carbocycles. The molecule has 1 aliphatic heterocycles. The van der Waals surface area contributed by atoms with Crippen LogP contribution in [0.4, 0.5) is 9.18 Å². The molecular weight excluding hydrogens is 315 g/mol. The standard InChI is InChI=1S/C17H19FN2O4/c1-23-17(22)20-6-5-12(15-10-16(21)19-24-15)9-14(20)8-11-3-2-4-13(18)7-11/h2-4,7,10,12,14H,5-6,8-9H2,1H3,(H,19,21). The van der Waals surface area contributed by atoms with E-state index in [4.69, 9.17) is 9.26 Å². The number of rotatable bonds is 3. The normalized spacial score (nSPS) is 20.8. The van der Waals surface area contributed by atoms with Gasteiger partial charge in [0.25, 0.3) is 5.56 Å². The Kier molecular flexibility index (Phi) is 4.69. The van der Waals surface area contributed by atoms with E-state index in [0.717, 1.165) is 5.56 Å². The summed E-state index contributed by atoms with van der Waals surface area (Å²) in [5.41, 5.74) is 0.534. The SMILES string of the molecule is COC(=O)N1CCC(c2cc(=O)[nH]o2)CC1Cc1cccc(F)c1. The third-order valence-electron chi connectivity index (χ3n) is 4.43. The molecule has 1 fully saturated rings. The van der Waals surface area contributed by atoms with Crippen molar-refractivity contribution in [3.05, 3.63) is 57.8 Å². The number of aromatic nitrogens is 1. The van der Waals surface area contributed by atoms with Crippen LogP contribution in [-0.2, 0) is 11.2 Å². The van der Waals surface area contributed by atoms with Crippen molar-refractivity contribution in [2.75, 3.05) is 13.7 Å². The first-order valence-electron chi connectivity index (χ1n) is 7.84. The quantitative estimate of drug-likeness (QED) is 0.936. The van der Waals surface area contributed by atoms with Crippen LogP contribution in [0.2, 0.25) is 0 Å². The van der Waals surface area contributed by atoms with E-state index in [2.05, 4.69) is 5.16 Å². The Balaban J connectivity index is 1.81. The summed E-state index contributed by atoms with van der Waals surface area (Å²) in [6, 6.07) is 7.63. The summed E-state index contributed by atoms with van der Waals surface area (Å²) in [6.07, 6.45) is 1.41. The third kappa shape index (κ3) is 3.50. The fraction of sp³-hybridized carbons (Fsp3) is 0.412. The van der Waals surface area contributed by atoms with Crippen LogP contribution in [0.25, 0.3) is 0 Å². The molecule has 1 aromatic carbocycles. The van der Waals surface area contributed by atoms with Crippen LogP contribution in [0, 0.1) is 5.82 Å². The monoisotopic (exact) mass is 334 g/mol. The van der Waals surface area contributed by atoms with Crippen molar-refractivity contribution in [1.29, 1.82) is 0 Å². The number of likely N-dealkylation sites (tertiary alicyclic amines) is 1. The Hall–Kier alpha value is -2.57. The lowest BCUT2D eigenvalue weighted by Crippen LogP contribution is -2.46. The number of halogens is 1. The number of ether oxygens (including phenoxy) is 1. The highest BCUT2D eigenvalue weighted by Gasteiger charge is 2.34. The van der Waals surface area contributed by atoms with Gasteiger partial charge in [0, 0.05) is 24.6 Å². The molecule has 0 spiro atoms. The van der Waals surface area contributed by atoms with Crippen molar-refractivity contribution in [2.24, 2.45) is 0 Å². The predicted molar refractivity (Wildman–Crippen MR) is 84.3 cm³/mol. The second kappa shape index (κ2) is 6.90. The number of carbonyl (C=O) groups excluding carboxylic acids is 1. The summed E-state index contributed by atoms with van der Waals surface area (Å²) in [7, 11) is 1.35. The Morgan fingerprint density at radius 3 is 2.96 bits per heavy atom. The minimum atomic E-state index is -0.398. The molecule has 0 radical (unpaired) electrons. The highest BCUT2D eigenvalue weighted by atomic mass is 19.1. The van der Waals surface area contributed by atoms with E-state index in [-0.39, 0.29) is 23.3 Å². The second-order valence-electron chi connectivity index (χ2n) is 5.99. The first kappa shape index (κ1) is 16.3. The van der Waals surface area contributed by atoms with Crippen LogP contribution in [0.15, 0.2) is 39.6 Å². The third-order valence-corrected chi connectivity index (χ3v) is 4.43. The van der Waals surface area contributed by atoms with Crippen molar-refractivity contribution in [3.8, 4) is 0 Å². The molecule has 3 rings (SSSR count). The van der Waals surface area contributed by atoms with Crippen molar-refractivity contribution < 1.29 is 18.4 Å². The van der Waals surface area contributed by atoms with Crippen molar-refractivity contribution in [3.63, 3.8) is 0 Å². The van der Waals surface area contributed by atoms with E-state index in [9.17, 15) is 14.0 Å². The number of nitrogens with zero attached hydrogens (tertiary/aromatic N) is 1. The van der Waals surface area contributed by atoms with Gasteiger partial charge in [-0.1, -0.05) is 12.1 Å². The predicted octanol–water partition coefficient (Wildman–Crippen LogP) is 2.66. The number of methoxy groups -OCH3 is 1. The number of H-pyrrole nitrogens is 1. The van der Waals surface area contributed by atoms with E-state index in [1.165, 1.54) is 25.3 Å². The minimum absolute atomic E-state index is 0.0309. The van der Waals surface area contributed by atoms with E-state index >= 15 is 0 Å². The Morgan fingerprint density at radius 2 is 2.29 bits per heavy atom. The highest BCUT2D eigenvalue weighted by Crippen LogP contribution is 2.32. The largest absolute Gasteiger partial charge is 0.453 e. The highest BCUT2D eigenvalue weighted by molar-refractivity contribution is 5.68. The number of nitrogens with one attached hydrogen (secondary N) is 1. The number of amides is 1. The number of hydrogen-bond donors (Lipinski definition) is 1. The van der Waals surface area contributed by atoms with Gasteiger partial charge in [-0.05, 0) is 37.0 Å². The van der Waals surface area contributed by atoms with Crippen molar-refractivity contribution in [2.45, 2.75) is 31.2 Å². The van der Waals surface area contributed by atoms with Crippen molar-refractivity contribution >= 4 is 6.09 Å². The molecule has 0 aliphatic carbocycles. The van der Waals surface area contributed by atoms with E-state index in [0.29, 0.717) is 31.6 Å². The molecule has 6 nitrogen and oxygen atoms in total. The number of aromatic amines is 1. The lowest BCUT2D eigenvalue weighted by atomic mass is 9.86.